The second-order valence-corrected chi connectivity index (χ2v) is 4.29. The molecule has 13 heavy (non-hydrogen) atoms. The Labute approximate surface area is 82.3 Å². The van der Waals surface area contributed by atoms with E-state index in [0.717, 1.165) is 12.7 Å². The number of likely N-dealkylation sites (tertiary alicyclic amines) is 1. The average Bonchev–Trinajstić information content (AvgIpc) is 2.33. The van der Waals surface area contributed by atoms with E-state index in [1.54, 1.807) is 0 Å². The van der Waals surface area contributed by atoms with Gasteiger partial charge in [0.25, 0.3) is 0 Å². The van der Waals surface area contributed by atoms with Crippen LogP contribution in [0.15, 0.2) is 0 Å². The van der Waals surface area contributed by atoms with E-state index in [9.17, 15) is 4.79 Å². The molecule has 0 saturated carbocycles. The van der Waals surface area contributed by atoms with E-state index in [1.807, 2.05) is 6.92 Å². The maximum atomic E-state index is 9.40. The first kappa shape index (κ1) is 12.6. The third-order valence-corrected chi connectivity index (χ3v) is 2.72. The van der Waals surface area contributed by atoms with Crippen LogP contribution in [-0.2, 0) is 4.79 Å². The van der Waals surface area contributed by atoms with Gasteiger partial charge in [-0.3, -0.25) is 0 Å². The van der Waals surface area contributed by atoms with Gasteiger partial charge in [-0.05, 0) is 46.7 Å². The Hall–Kier alpha value is -0.370. The summed E-state index contributed by atoms with van der Waals surface area (Å²) in [4.78, 5) is 11.8. The topological polar surface area (TPSA) is 20.3 Å². The Morgan fingerprint density at radius 1 is 1.46 bits per heavy atom. The number of carbonyl (C=O) groups is 1. The van der Waals surface area contributed by atoms with Crippen molar-refractivity contribution in [3.63, 3.8) is 0 Å². The van der Waals surface area contributed by atoms with Crippen LogP contribution in [0.2, 0.25) is 0 Å². The van der Waals surface area contributed by atoms with Crippen molar-refractivity contribution in [2.24, 2.45) is 0 Å². The molecule has 1 aliphatic rings. The highest BCUT2D eigenvalue weighted by molar-refractivity contribution is 5.48. The molecular weight excluding hydrogens is 162 g/mol. The van der Waals surface area contributed by atoms with Crippen molar-refractivity contribution < 1.29 is 4.79 Å². The first-order valence-electron chi connectivity index (χ1n) is 5.19. The van der Waals surface area contributed by atoms with Crippen LogP contribution >= 0.6 is 0 Å². The zero-order valence-electron chi connectivity index (χ0n) is 9.47. The third-order valence-electron chi connectivity index (χ3n) is 2.72. The highest BCUT2D eigenvalue weighted by Gasteiger charge is 2.27. The molecule has 2 heteroatoms. The predicted molar refractivity (Wildman–Crippen MR) is 56.9 cm³/mol. The van der Waals surface area contributed by atoms with Gasteiger partial charge in [0, 0.05) is 12.0 Å². The minimum absolute atomic E-state index is 0.486. The second-order valence-electron chi connectivity index (χ2n) is 4.29. The molecule has 0 amide bonds. The van der Waals surface area contributed by atoms with E-state index in [4.69, 9.17) is 0 Å². The first-order valence-corrected chi connectivity index (χ1v) is 5.19. The SMILES string of the molecule is CCCC=O.CN1CCCC1(C)C. The number of hydrogen-bond acceptors (Lipinski definition) is 2. The average molecular weight is 185 g/mol. The van der Waals surface area contributed by atoms with Crippen LogP contribution in [0.1, 0.15) is 46.5 Å². The van der Waals surface area contributed by atoms with Gasteiger partial charge in [0.15, 0.2) is 0 Å². The van der Waals surface area contributed by atoms with Crippen molar-refractivity contribution in [2.45, 2.75) is 52.0 Å². The molecule has 0 aromatic heterocycles. The van der Waals surface area contributed by atoms with Crippen molar-refractivity contribution in [1.29, 1.82) is 0 Å². The molecule has 0 spiro atoms. The Kier molecular flexibility index (Phi) is 5.97. The van der Waals surface area contributed by atoms with Crippen LogP contribution in [0.5, 0.6) is 0 Å². The molecule has 0 radical (unpaired) electrons. The molecular formula is C11H23NO. The van der Waals surface area contributed by atoms with Gasteiger partial charge < -0.3 is 9.69 Å². The van der Waals surface area contributed by atoms with Crippen molar-refractivity contribution in [3.05, 3.63) is 0 Å². The molecule has 0 aromatic carbocycles. The van der Waals surface area contributed by atoms with Gasteiger partial charge in [0.2, 0.25) is 0 Å². The molecule has 1 fully saturated rings. The predicted octanol–water partition coefficient (Wildman–Crippen LogP) is 2.48. The summed E-state index contributed by atoms with van der Waals surface area (Å²) in [7, 11) is 2.20. The van der Waals surface area contributed by atoms with Crippen LogP contribution in [0.3, 0.4) is 0 Å². The number of carbonyl (C=O) groups excluding carboxylic acids is 1. The normalized spacial score (nSPS) is 20.6. The zero-order valence-corrected chi connectivity index (χ0v) is 9.47. The van der Waals surface area contributed by atoms with E-state index in [1.165, 1.54) is 19.4 Å². The van der Waals surface area contributed by atoms with Crippen molar-refractivity contribution >= 4 is 6.29 Å². The number of nitrogens with zero attached hydrogens (tertiary/aromatic N) is 1. The molecule has 78 valence electrons. The second kappa shape index (κ2) is 6.14. The monoisotopic (exact) mass is 185 g/mol. The quantitative estimate of drug-likeness (QED) is 0.616. The first-order chi connectivity index (χ1) is 6.04. The Morgan fingerprint density at radius 2 is 2.08 bits per heavy atom. The van der Waals surface area contributed by atoms with E-state index >= 15 is 0 Å². The van der Waals surface area contributed by atoms with Crippen LogP contribution in [-0.4, -0.2) is 30.3 Å². The minimum atomic E-state index is 0.486. The van der Waals surface area contributed by atoms with Gasteiger partial charge in [-0.25, -0.2) is 0 Å². The van der Waals surface area contributed by atoms with E-state index in [0.29, 0.717) is 12.0 Å². The fourth-order valence-corrected chi connectivity index (χ4v) is 1.36. The van der Waals surface area contributed by atoms with Gasteiger partial charge in [0.1, 0.15) is 6.29 Å². The fourth-order valence-electron chi connectivity index (χ4n) is 1.36. The molecule has 0 N–H and O–H groups in total. The lowest BCUT2D eigenvalue weighted by Gasteiger charge is -2.26. The minimum Gasteiger partial charge on any atom is -0.303 e. The van der Waals surface area contributed by atoms with Gasteiger partial charge in [-0.15, -0.1) is 0 Å². The molecule has 0 atom stereocenters. The summed E-state index contributed by atoms with van der Waals surface area (Å²) in [6.07, 6.45) is 5.36. The van der Waals surface area contributed by atoms with Gasteiger partial charge in [-0.2, -0.15) is 0 Å². The standard InChI is InChI=1S/C7H15N.C4H8O/c1-7(2)5-4-6-8(7)3;1-2-3-4-5/h4-6H2,1-3H3;4H,2-3H2,1H3. The molecule has 1 rings (SSSR count). The fraction of sp³-hybridized carbons (Fsp3) is 0.909. The smallest absolute Gasteiger partial charge is 0.119 e. The number of unbranched alkanes of at least 4 members (excludes halogenated alkanes) is 1. The molecule has 1 saturated heterocycles. The summed E-state index contributed by atoms with van der Waals surface area (Å²) in [6, 6.07) is 0. The van der Waals surface area contributed by atoms with Crippen LogP contribution in [0.4, 0.5) is 0 Å². The summed E-state index contributed by atoms with van der Waals surface area (Å²) in [5.41, 5.74) is 0.486. The maximum Gasteiger partial charge on any atom is 0.119 e. The maximum absolute atomic E-state index is 9.40. The summed E-state index contributed by atoms with van der Waals surface area (Å²) >= 11 is 0. The number of rotatable bonds is 2. The molecule has 0 bridgehead atoms. The van der Waals surface area contributed by atoms with E-state index in [2.05, 4.69) is 25.8 Å². The van der Waals surface area contributed by atoms with Gasteiger partial charge >= 0.3 is 0 Å². The van der Waals surface area contributed by atoms with E-state index in [-0.39, 0.29) is 0 Å². The summed E-state index contributed by atoms with van der Waals surface area (Å²) in [6.45, 7) is 7.88. The summed E-state index contributed by atoms with van der Waals surface area (Å²) in [5.74, 6) is 0. The third kappa shape index (κ3) is 5.04. The molecule has 0 unspecified atom stereocenters. The zero-order chi connectivity index (χ0) is 10.3. The molecule has 0 aliphatic carbocycles. The van der Waals surface area contributed by atoms with E-state index < -0.39 is 0 Å². The molecule has 2 nitrogen and oxygen atoms in total. The van der Waals surface area contributed by atoms with Crippen LogP contribution < -0.4 is 0 Å². The lowest BCUT2D eigenvalue weighted by atomic mass is 10.0. The Bertz CT molecular complexity index is 143. The molecule has 1 heterocycles. The Morgan fingerprint density at radius 3 is 2.15 bits per heavy atom. The largest absolute Gasteiger partial charge is 0.303 e. The molecule has 0 aromatic rings. The molecule has 1 aliphatic heterocycles. The Balaban J connectivity index is 0.000000252. The van der Waals surface area contributed by atoms with Crippen molar-refractivity contribution in [3.8, 4) is 0 Å². The number of hydrogen-bond donors (Lipinski definition) is 0. The van der Waals surface area contributed by atoms with Crippen molar-refractivity contribution in [1.82, 2.24) is 4.90 Å². The highest BCUT2D eigenvalue weighted by atomic mass is 16.1. The number of aldehydes is 1. The van der Waals surface area contributed by atoms with Crippen LogP contribution in [0.25, 0.3) is 0 Å². The summed E-state index contributed by atoms with van der Waals surface area (Å²) in [5, 5.41) is 0. The van der Waals surface area contributed by atoms with Gasteiger partial charge in [-0.1, -0.05) is 6.92 Å². The lowest BCUT2D eigenvalue weighted by Crippen LogP contribution is -2.34. The van der Waals surface area contributed by atoms with Crippen molar-refractivity contribution in [2.75, 3.05) is 13.6 Å². The van der Waals surface area contributed by atoms with Gasteiger partial charge in [0.05, 0.1) is 0 Å². The highest BCUT2D eigenvalue weighted by Crippen LogP contribution is 2.25. The van der Waals surface area contributed by atoms with Crippen LogP contribution in [0, 0.1) is 0 Å². The summed E-state index contributed by atoms with van der Waals surface area (Å²) < 4.78 is 0. The lowest BCUT2D eigenvalue weighted by molar-refractivity contribution is -0.107.